The van der Waals surface area contributed by atoms with Gasteiger partial charge in [0.15, 0.2) is 0 Å². The number of hydrogen-bond donors (Lipinski definition) is 3. The number of halogens is 1. The van der Waals surface area contributed by atoms with Crippen LogP contribution in [-0.2, 0) is 11.2 Å². The minimum atomic E-state index is -0.399. The van der Waals surface area contributed by atoms with Crippen molar-refractivity contribution in [3.8, 4) is 0 Å². The highest BCUT2D eigenvalue weighted by Gasteiger charge is 2.25. The van der Waals surface area contributed by atoms with Crippen molar-refractivity contribution in [3.63, 3.8) is 0 Å². The van der Waals surface area contributed by atoms with Crippen LogP contribution in [0.5, 0.6) is 0 Å². The SMILES string of the molecule is Cl.O=C(NC1CCCNC1=O)c1cccc2c1CCCN2. The molecule has 2 amide bonds. The third kappa shape index (κ3) is 3.29. The fourth-order valence-electron chi connectivity index (χ4n) is 2.87. The normalized spacial score (nSPS) is 20.4. The number of anilines is 1. The van der Waals surface area contributed by atoms with Crippen molar-refractivity contribution in [2.75, 3.05) is 18.4 Å². The maximum atomic E-state index is 12.4. The maximum absolute atomic E-state index is 12.4. The lowest BCUT2D eigenvalue weighted by Crippen LogP contribution is -2.50. The molecule has 0 aromatic heterocycles. The number of carbonyl (C=O) groups is 2. The lowest BCUT2D eigenvalue weighted by Gasteiger charge is -2.24. The predicted molar refractivity (Wildman–Crippen MR) is 84.0 cm³/mol. The minimum Gasteiger partial charge on any atom is -0.385 e. The van der Waals surface area contributed by atoms with E-state index in [0.717, 1.165) is 37.1 Å². The fraction of sp³-hybridized carbons (Fsp3) is 0.467. The molecule has 2 aliphatic heterocycles. The summed E-state index contributed by atoms with van der Waals surface area (Å²) in [6.45, 7) is 1.65. The fourth-order valence-corrected chi connectivity index (χ4v) is 2.87. The van der Waals surface area contributed by atoms with Gasteiger partial charge in [-0.2, -0.15) is 0 Å². The van der Waals surface area contributed by atoms with Crippen LogP contribution in [0.3, 0.4) is 0 Å². The summed E-state index contributed by atoms with van der Waals surface area (Å²) < 4.78 is 0. The van der Waals surface area contributed by atoms with Crippen LogP contribution >= 0.6 is 12.4 Å². The first kappa shape index (κ1) is 15.6. The van der Waals surface area contributed by atoms with Crippen LogP contribution in [0.4, 0.5) is 5.69 Å². The van der Waals surface area contributed by atoms with Crippen molar-refractivity contribution in [2.45, 2.75) is 31.7 Å². The van der Waals surface area contributed by atoms with Crippen LogP contribution in [0.15, 0.2) is 18.2 Å². The second kappa shape index (κ2) is 6.80. The molecular weight excluding hydrogens is 290 g/mol. The lowest BCUT2D eigenvalue weighted by atomic mass is 9.96. The Morgan fingerprint density at radius 3 is 2.81 bits per heavy atom. The van der Waals surface area contributed by atoms with Gasteiger partial charge in [0.2, 0.25) is 5.91 Å². The van der Waals surface area contributed by atoms with Crippen molar-refractivity contribution in [2.24, 2.45) is 0 Å². The molecule has 5 nitrogen and oxygen atoms in total. The Kier molecular flexibility index (Phi) is 5.07. The van der Waals surface area contributed by atoms with E-state index in [1.807, 2.05) is 18.2 Å². The van der Waals surface area contributed by atoms with E-state index < -0.39 is 6.04 Å². The Morgan fingerprint density at radius 1 is 1.19 bits per heavy atom. The first-order valence-corrected chi connectivity index (χ1v) is 7.20. The molecular formula is C15H20ClN3O2. The number of amides is 2. The van der Waals surface area contributed by atoms with Crippen LogP contribution in [0.2, 0.25) is 0 Å². The summed E-state index contributed by atoms with van der Waals surface area (Å²) in [5.41, 5.74) is 2.79. The molecule has 114 valence electrons. The Labute approximate surface area is 130 Å². The van der Waals surface area contributed by atoms with E-state index in [1.54, 1.807) is 0 Å². The Morgan fingerprint density at radius 2 is 2.00 bits per heavy atom. The molecule has 3 rings (SSSR count). The number of fused-ring (bicyclic) bond motifs is 1. The van der Waals surface area contributed by atoms with Crippen LogP contribution < -0.4 is 16.0 Å². The highest BCUT2D eigenvalue weighted by molar-refractivity contribution is 6.00. The zero-order chi connectivity index (χ0) is 13.9. The second-order valence-corrected chi connectivity index (χ2v) is 5.32. The monoisotopic (exact) mass is 309 g/mol. The number of piperidine rings is 1. The summed E-state index contributed by atoms with van der Waals surface area (Å²) in [5.74, 6) is -0.222. The summed E-state index contributed by atoms with van der Waals surface area (Å²) in [6, 6.07) is 5.32. The molecule has 2 heterocycles. The number of hydrogen-bond acceptors (Lipinski definition) is 3. The largest absolute Gasteiger partial charge is 0.385 e. The molecule has 1 unspecified atom stereocenters. The lowest BCUT2D eigenvalue weighted by molar-refractivity contribution is -0.124. The molecule has 1 fully saturated rings. The van der Waals surface area contributed by atoms with E-state index in [4.69, 9.17) is 0 Å². The number of carbonyl (C=O) groups excluding carboxylic acids is 2. The molecule has 0 bridgehead atoms. The van der Waals surface area contributed by atoms with Crippen molar-refractivity contribution in [3.05, 3.63) is 29.3 Å². The number of rotatable bonds is 2. The van der Waals surface area contributed by atoms with Crippen molar-refractivity contribution >= 4 is 29.9 Å². The van der Waals surface area contributed by atoms with Gasteiger partial charge in [0, 0.05) is 24.3 Å². The van der Waals surface area contributed by atoms with Crippen molar-refractivity contribution in [1.82, 2.24) is 10.6 Å². The van der Waals surface area contributed by atoms with Crippen LogP contribution in [0.1, 0.15) is 35.2 Å². The van der Waals surface area contributed by atoms with E-state index in [0.29, 0.717) is 18.5 Å². The van der Waals surface area contributed by atoms with Crippen LogP contribution in [-0.4, -0.2) is 30.9 Å². The third-order valence-corrected chi connectivity index (χ3v) is 3.93. The van der Waals surface area contributed by atoms with Gasteiger partial charge in [-0.3, -0.25) is 9.59 Å². The van der Waals surface area contributed by atoms with Gasteiger partial charge in [-0.1, -0.05) is 6.07 Å². The molecule has 0 spiro atoms. The summed E-state index contributed by atoms with van der Waals surface area (Å²) in [7, 11) is 0. The maximum Gasteiger partial charge on any atom is 0.252 e. The Bertz CT molecular complexity index is 548. The van der Waals surface area contributed by atoms with Gasteiger partial charge < -0.3 is 16.0 Å². The average Bonchev–Trinajstić information content (AvgIpc) is 2.49. The first-order chi connectivity index (χ1) is 9.75. The van der Waals surface area contributed by atoms with E-state index in [9.17, 15) is 9.59 Å². The average molecular weight is 310 g/mol. The molecule has 2 aliphatic rings. The molecule has 1 atom stereocenters. The summed E-state index contributed by atoms with van der Waals surface area (Å²) in [4.78, 5) is 24.1. The van der Waals surface area contributed by atoms with Gasteiger partial charge >= 0.3 is 0 Å². The van der Waals surface area contributed by atoms with E-state index in [2.05, 4.69) is 16.0 Å². The van der Waals surface area contributed by atoms with Crippen LogP contribution in [0.25, 0.3) is 0 Å². The van der Waals surface area contributed by atoms with E-state index >= 15 is 0 Å². The molecule has 1 aromatic rings. The van der Waals surface area contributed by atoms with Crippen molar-refractivity contribution < 1.29 is 9.59 Å². The first-order valence-electron chi connectivity index (χ1n) is 7.20. The van der Waals surface area contributed by atoms with Crippen molar-refractivity contribution in [1.29, 1.82) is 0 Å². The highest BCUT2D eigenvalue weighted by Crippen LogP contribution is 2.25. The van der Waals surface area contributed by atoms with Gasteiger partial charge in [0.05, 0.1) is 0 Å². The third-order valence-electron chi connectivity index (χ3n) is 3.93. The smallest absolute Gasteiger partial charge is 0.252 e. The summed E-state index contributed by atoms with van der Waals surface area (Å²) >= 11 is 0. The second-order valence-electron chi connectivity index (χ2n) is 5.32. The highest BCUT2D eigenvalue weighted by atomic mass is 35.5. The standard InChI is InChI=1S/C15H19N3O2.ClH/c19-14(18-13-7-3-9-17-15(13)20)11-4-1-6-12-10(11)5-2-8-16-12;/h1,4,6,13,16H,2-3,5,7-9H2,(H,17,20)(H,18,19);1H. The molecule has 1 saturated heterocycles. The van der Waals surface area contributed by atoms with Gasteiger partial charge in [-0.25, -0.2) is 0 Å². The van der Waals surface area contributed by atoms with Gasteiger partial charge in [0.1, 0.15) is 6.04 Å². The topological polar surface area (TPSA) is 70.2 Å². The van der Waals surface area contributed by atoms with E-state index in [1.165, 1.54) is 0 Å². The Hall–Kier alpha value is -1.75. The van der Waals surface area contributed by atoms with Gasteiger partial charge in [-0.15, -0.1) is 12.4 Å². The molecule has 1 aromatic carbocycles. The zero-order valence-corrected chi connectivity index (χ0v) is 12.6. The molecule has 0 radical (unpaired) electrons. The molecule has 0 saturated carbocycles. The molecule has 21 heavy (non-hydrogen) atoms. The van der Waals surface area contributed by atoms with Gasteiger partial charge in [-0.05, 0) is 43.4 Å². The van der Waals surface area contributed by atoms with E-state index in [-0.39, 0.29) is 24.2 Å². The predicted octanol–water partition coefficient (Wildman–Crippen LogP) is 1.47. The number of benzene rings is 1. The minimum absolute atomic E-state index is 0. The molecule has 3 N–H and O–H groups in total. The van der Waals surface area contributed by atoms with Gasteiger partial charge in [0.25, 0.3) is 5.91 Å². The molecule has 0 aliphatic carbocycles. The molecule has 6 heteroatoms. The quantitative estimate of drug-likeness (QED) is 0.775. The summed E-state index contributed by atoms with van der Waals surface area (Å²) in [6.07, 6.45) is 3.56. The summed E-state index contributed by atoms with van der Waals surface area (Å²) in [5, 5.41) is 8.95. The van der Waals surface area contributed by atoms with Crippen LogP contribution in [0, 0.1) is 0 Å². The number of nitrogens with one attached hydrogen (secondary N) is 3. The zero-order valence-electron chi connectivity index (χ0n) is 11.8. The Balaban J connectivity index is 0.00000161.